The van der Waals surface area contributed by atoms with E-state index in [2.05, 4.69) is 16.0 Å². The van der Waals surface area contributed by atoms with Gasteiger partial charge in [0.2, 0.25) is 5.91 Å². The lowest BCUT2D eigenvalue weighted by molar-refractivity contribution is -0.117. The van der Waals surface area contributed by atoms with Crippen molar-refractivity contribution >= 4 is 93.2 Å². The van der Waals surface area contributed by atoms with E-state index in [1.807, 2.05) is 20.8 Å². The number of hydrogen-bond acceptors (Lipinski definition) is 4. The van der Waals surface area contributed by atoms with Gasteiger partial charge in [-0.05, 0) is 71.6 Å². The van der Waals surface area contributed by atoms with Crippen LogP contribution in [0.25, 0.3) is 0 Å². The molecule has 1 aliphatic carbocycles. The van der Waals surface area contributed by atoms with E-state index in [0.29, 0.717) is 39.1 Å². The molecule has 2 atom stereocenters. The van der Waals surface area contributed by atoms with Crippen LogP contribution in [-0.2, 0) is 9.59 Å². The third-order valence-corrected chi connectivity index (χ3v) is 8.66. The second-order valence-corrected chi connectivity index (χ2v) is 13.9. The quantitative estimate of drug-likeness (QED) is 0.159. The zero-order valence-corrected chi connectivity index (χ0v) is 26.2. The number of nitrogens with one attached hydrogen (secondary N) is 3. The third kappa shape index (κ3) is 7.12. The van der Waals surface area contributed by atoms with Gasteiger partial charge < -0.3 is 20.7 Å². The van der Waals surface area contributed by atoms with Crippen LogP contribution in [0.4, 0.5) is 17.1 Å². The van der Waals surface area contributed by atoms with Crippen LogP contribution in [-0.4, -0.2) is 29.0 Å². The summed E-state index contributed by atoms with van der Waals surface area (Å²) in [5, 5.41) is 9.88. The number of aldehydes is 1. The maximum Gasteiger partial charge on any atom is 0.257 e. The average molecular weight is 656 g/mol. The first kappa shape index (κ1) is 31.5. The molecule has 0 radical (unpaired) electrons. The Morgan fingerprint density at radius 2 is 1.41 bits per heavy atom. The summed E-state index contributed by atoms with van der Waals surface area (Å²) in [5.74, 6) is -1.07. The summed E-state index contributed by atoms with van der Waals surface area (Å²) in [6, 6.07) is 16.6. The number of rotatable bonds is 9. The molecule has 0 aromatic heterocycles. The number of anilines is 3. The summed E-state index contributed by atoms with van der Waals surface area (Å²) in [5.41, 5.74) is 1.27. The molecule has 1 aliphatic rings. The molecular formula is C30H28Cl5N3O3. The molecule has 0 heterocycles. The fourth-order valence-electron chi connectivity index (χ4n) is 4.71. The lowest BCUT2D eigenvalue weighted by Crippen LogP contribution is -2.23. The summed E-state index contributed by atoms with van der Waals surface area (Å²) < 4.78 is -1.39. The highest BCUT2D eigenvalue weighted by atomic mass is 35.5. The molecule has 216 valence electrons. The van der Waals surface area contributed by atoms with Gasteiger partial charge in [-0.25, -0.2) is 0 Å². The Balaban J connectivity index is 1.43. The van der Waals surface area contributed by atoms with E-state index in [-0.39, 0.29) is 28.5 Å². The Kier molecular flexibility index (Phi) is 9.22. The fraction of sp³-hybridized carbons (Fsp3) is 0.300. The highest BCUT2D eigenvalue weighted by molar-refractivity contribution is 6.54. The predicted molar refractivity (Wildman–Crippen MR) is 169 cm³/mol. The van der Waals surface area contributed by atoms with Crippen molar-refractivity contribution in [1.29, 1.82) is 0 Å². The predicted octanol–water partition coefficient (Wildman–Crippen LogP) is 8.84. The Morgan fingerprint density at radius 1 is 0.854 bits per heavy atom. The van der Waals surface area contributed by atoms with Gasteiger partial charge in [-0.15, -0.1) is 0 Å². The van der Waals surface area contributed by atoms with E-state index in [1.165, 1.54) is 0 Å². The van der Waals surface area contributed by atoms with Crippen LogP contribution >= 0.6 is 58.0 Å². The van der Waals surface area contributed by atoms with Crippen LogP contribution in [0.15, 0.2) is 60.7 Å². The highest BCUT2D eigenvalue weighted by Gasteiger charge is 2.76. The van der Waals surface area contributed by atoms with E-state index in [4.69, 9.17) is 58.0 Å². The van der Waals surface area contributed by atoms with Crippen molar-refractivity contribution in [1.82, 2.24) is 0 Å². The van der Waals surface area contributed by atoms with Crippen LogP contribution in [0.1, 0.15) is 49.0 Å². The summed E-state index contributed by atoms with van der Waals surface area (Å²) >= 11 is 31.8. The van der Waals surface area contributed by atoms with Gasteiger partial charge in [-0.1, -0.05) is 78.8 Å². The molecule has 0 spiro atoms. The molecule has 41 heavy (non-hydrogen) atoms. The molecule has 3 aromatic carbocycles. The lowest BCUT2D eigenvalue weighted by Gasteiger charge is -2.17. The van der Waals surface area contributed by atoms with Gasteiger partial charge in [-0.3, -0.25) is 9.59 Å². The van der Waals surface area contributed by atoms with Gasteiger partial charge in [-0.2, -0.15) is 0 Å². The maximum atomic E-state index is 13.1. The van der Waals surface area contributed by atoms with Crippen LogP contribution in [0.3, 0.4) is 0 Å². The van der Waals surface area contributed by atoms with Gasteiger partial charge in [0.05, 0.1) is 16.0 Å². The van der Waals surface area contributed by atoms with Crippen molar-refractivity contribution in [2.45, 2.75) is 37.4 Å². The molecule has 2 amide bonds. The smallest absolute Gasteiger partial charge is 0.257 e. The van der Waals surface area contributed by atoms with Crippen LogP contribution in [0.5, 0.6) is 0 Å². The summed E-state index contributed by atoms with van der Waals surface area (Å²) in [6.45, 7) is 6.06. The average Bonchev–Trinajstić information content (AvgIpc) is 3.37. The van der Waals surface area contributed by atoms with Gasteiger partial charge >= 0.3 is 0 Å². The fourth-order valence-corrected chi connectivity index (χ4v) is 6.43. The minimum Gasteiger partial charge on any atom is -0.384 e. The summed E-state index contributed by atoms with van der Waals surface area (Å²) in [7, 11) is 0. The topological polar surface area (TPSA) is 87.3 Å². The van der Waals surface area contributed by atoms with E-state index in [1.54, 1.807) is 60.7 Å². The first-order chi connectivity index (χ1) is 19.1. The molecule has 2 unspecified atom stereocenters. The Labute approximate surface area is 264 Å². The second kappa shape index (κ2) is 12.0. The van der Waals surface area contributed by atoms with E-state index in [0.717, 1.165) is 6.29 Å². The normalized spacial score (nSPS) is 19.3. The summed E-state index contributed by atoms with van der Waals surface area (Å²) in [6.07, 6.45) is 1.12. The van der Waals surface area contributed by atoms with Crippen LogP contribution in [0.2, 0.25) is 15.1 Å². The Hall–Kier alpha value is -2.48. The lowest BCUT2D eigenvalue weighted by atomic mass is 9.92. The van der Waals surface area contributed by atoms with Crippen molar-refractivity contribution in [3.8, 4) is 0 Å². The minimum atomic E-state index is -1.39. The number of hydrogen-bond donors (Lipinski definition) is 3. The number of carbonyl (C=O) groups excluding carboxylic acids is 3. The van der Waals surface area contributed by atoms with Crippen LogP contribution in [0, 0.1) is 10.8 Å². The van der Waals surface area contributed by atoms with E-state index < -0.39 is 21.6 Å². The number of carbonyl (C=O) groups is 3. The van der Waals surface area contributed by atoms with Crippen molar-refractivity contribution < 1.29 is 14.4 Å². The summed E-state index contributed by atoms with van der Waals surface area (Å²) in [4.78, 5) is 37.5. The molecule has 11 heteroatoms. The molecule has 0 bridgehead atoms. The zero-order valence-electron chi connectivity index (χ0n) is 22.5. The molecule has 0 aliphatic heterocycles. The van der Waals surface area contributed by atoms with Crippen molar-refractivity contribution in [2.24, 2.45) is 10.8 Å². The molecule has 1 saturated carbocycles. The monoisotopic (exact) mass is 653 g/mol. The zero-order chi connectivity index (χ0) is 30.2. The van der Waals surface area contributed by atoms with Gasteiger partial charge in [0.15, 0.2) is 0 Å². The number of amides is 2. The Bertz CT molecular complexity index is 1470. The van der Waals surface area contributed by atoms with Crippen LogP contribution < -0.4 is 16.0 Å². The first-order valence-corrected chi connectivity index (χ1v) is 14.6. The standard InChI is InChI=1S/C30H28Cl5N3O3/c1-28(2,3)14-25(40)37-20-4-6-21(7-5-20)38-27(41)23-13-22(8-9-24(23)33)36-15-29(16-39)26(30(29,34)35)17-10-18(31)12-19(32)11-17/h4-13,16,26,36H,14-15H2,1-3H3,(H,37,40)(H,38,41). The first-order valence-electron chi connectivity index (χ1n) is 12.7. The number of benzene rings is 3. The SMILES string of the molecule is CC(C)(C)CC(=O)Nc1ccc(NC(=O)c2cc(NCC3(C=O)C(c4cc(Cl)cc(Cl)c4)C3(Cl)Cl)ccc2Cl)cc1. The molecule has 1 fully saturated rings. The maximum absolute atomic E-state index is 13.1. The minimum absolute atomic E-state index is 0.0867. The number of alkyl halides is 2. The Morgan fingerprint density at radius 3 is 1.98 bits per heavy atom. The van der Waals surface area contributed by atoms with E-state index in [9.17, 15) is 14.4 Å². The second-order valence-electron chi connectivity index (χ2n) is 11.3. The molecule has 3 N–H and O–H groups in total. The van der Waals surface area contributed by atoms with E-state index >= 15 is 0 Å². The molecule has 0 saturated heterocycles. The van der Waals surface area contributed by atoms with Crippen molar-refractivity contribution in [3.05, 3.63) is 86.9 Å². The molecule has 6 nitrogen and oxygen atoms in total. The largest absolute Gasteiger partial charge is 0.384 e. The van der Waals surface area contributed by atoms with Gasteiger partial charge in [0.25, 0.3) is 5.91 Å². The molecular weight excluding hydrogens is 628 g/mol. The van der Waals surface area contributed by atoms with Gasteiger partial charge in [0, 0.05) is 46.0 Å². The molecule has 3 aromatic rings. The highest BCUT2D eigenvalue weighted by Crippen LogP contribution is 2.73. The van der Waals surface area contributed by atoms with Crippen molar-refractivity contribution in [3.63, 3.8) is 0 Å². The van der Waals surface area contributed by atoms with Crippen molar-refractivity contribution in [2.75, 3.05) is 22.5 Å². The van der Waals surface area contributed by atoms with Gasteiger partial charge in [0.1, 0.15) is 10.6 Å². The third-order valence-electron chi connectivity index (χ3n) is 6.76. The number of halogens is 5. The molecule has 4 rings (SSSR count).